The number of allylic oxidation sites excluding steroid dienone is 2. The number of rotatable bonds is 3. The summed E-state index contributed by atoms with van der Waals surface area (Å²) in [6.07, 6.45) is 2.80. The first-order chi connectivity index (χ1) is 16.2. The molecule has 4 saturated carbocycles. The molecule has 0 aromatic heterocycles. The molecule has 4 rings (SSSR count). The van der Waals surface area contributed by atoms with Crippen LogP contribution < -0.4 is 0 Å². The summed E-state index contributed by atoms with van der Waals surface area (Å²) in [4.78, 5) is 35.6. The Hall–Kier alpha value is -1.92. The Kier molecular flexibility index (Phi) is 6.63. The topological polar surface area (TPSA) is 78.9 Å². The van der Waals surface area contributed by atoms with Crippen molar-refractivity contribution in [3.8, 4) is 0 Å². The molecule has 4 aliphatic carbocycles. The summed E-state index contributed by atoms with van der Waals surface area (Å²) >= 11 is 0. The van der Waals surface area contributed by atoms with Crippen molar-refractivity contribution in [1.82, 2.24) is 0 Å². The van der Waals surface area contributed by atoms with E-state index in [0.717, 1.165) is 19.3 Å². The summed E-state index contributed by atoms with van der Waals surface area (Å²) in [6, 6.07) is 0. The van der Waals surface area contributed by atoms with Gasteiger partial charge in [-0.2, -0.15) is 0 Å². The van der Waals surface area contributed by atoms with Gasteiger partial charge in [-0.1, -0.05) is 20.8 Å². The number of alkyl halides is 1. The lowest BCUT2D eigenvalue weighted by Gasteiger charge is -2.65. The Morgan fingerprint density at radius 3 is 2.20 bits per heavy atom. The maximum absolute atomic E-state index is 16.5. The van der Waals surface area contributed by atoms with Crippen LogP contribution in [0.4, 0.5) is 4.39 Å². The van der Waals surface area contributed by atoms with Crippen LogP contribution in [0.15, 0.2) is 11.3 Å². The first-order valence-corrected chi connectivity index (χ1v) is 13.2. The zero-order valence-electron chi connectivity index (χ0n) is 22.2. The molecule has 4 fully saturated rings. The molecule has 196 valence electrons. The van der Waals surface area contributed by atoms with E-state index >= 15 is 4.39 Å². The van der Waals surface area contributed by atoms with Crippen LogP contribution in [0.2, 0.25) is 0 Å². The molecule has 6 nitrogen and oxygen atoms in total. The molecule has 0 spiro atoms. The normalized spacial score (nSPS) is 45.9. The average molecular weight is 493 g/mol. The Bertz CT molecular complexity index is 944. The molecule has 4 aliphatic rings. The maximum Gasteiger partial charge on any atom is 0.307 e. The zero-order chi connectivity index (χ0) is 25.9. The van der Waals surface area contributed by atoms with Crippen molar-refractivity contribution in [3.63, 3.8) is 0 Å². The Labute approximate surface area is 208 Å². The molecule has 0 bridgehead atoms. The van der Waals surface area contributed by atoms with E-state index in [2.05, 4.69) is 20.8 Å². The highest BCUT2D eigenvalue weighted by atomic mass is 19.1. The van der Waals surface area contributed by atoms with Gasteiger partial charge in [0.15, 0.2) is 5.60 Å². The van der Waals surface area contributed by atoms with Crippen molar-refractivity contribution in [1.29, 1.82) is 0 Å². The van der Waals surface area contributed by atoms with Crippen molar-refractivity contribution in [3.05, 3.63) is 11.3 Å². The van der Waals surface area contributed by atoms with Crippen LogP contribution in [0.5, 0.6) is 0 Å². The smallest absolute Gasteiger partial charge is 0.307 e. The highest BCUT2D eigenvalue weighted by Gasteiger charge is 2.70. The van der Waals surface area contributed by atoms with E-state index in [0.29, 0.717) is 25.0 Å². The van der Waals surface area contributed by atoms with Gasteiger partial charge in [0.25, 0.3) is 0 Å². The van der Waals surface area contributed by atoms with E-state index in [4.69, 9.17) is 14.2 Å². The molecular formula is C28H41FO6. The molecule has 0 heterocycles. The largest absolute Gasteiger partial charge is 0.462 e. The van der Waals surface area contributed by atoms with Gasteiger partial charge in [0.1, 0.15) is 18.0 Å². The Morgan fingerprint density at radius 2 is 1.60 bits per heavy atom. The molecule has 0 radical (unpaired) electrons. The van der Waals surface area contributed by atoms with Crippen molar-refractivity contribution in [2.24, 2.45) is 34.5 Å². The molecule has 0 amide bonds. The predicted molar refractivity (Wildman–Crippen MR) is 128 cm³/mol. The summed E-state index contributed by atoms with van der Waals surface area (Å²) in [5, 5.41) is 0. The third-order valence-corrected chi connectivity index (χ3v) is 10.2. The third-order valence-electron chi connectivity index (χ3n) is 10.2. The minimum Gasteiger partial charge on any atom is -0.462 e. The number of carbonyl (C=O) groups excluding carboxylic acids is 3. The van der Waals surface area contributed by atoms with E-state index in [1.807, 2.05) is 6.92 Å². The first-order valence-electron chi connectivity index (χ1n) is 13.2. The fourth-order valence-corrected chi connectivity index (χ4v) is 9.15. The quantitative estimate of drug-likeness (QED) is 0.287. The van der Waals surface area contributed by atoms with Gasteiger partial charge in [-0.25, -0.2) is 4.39 Å². The molecule has 9 atom stereocenters. The lowest BCUT2D eigenvalue weighted by molar-refractivity contribution is -0.261. The summed E-state index contributed by atoms with van der Waals surface area (Å²) in [7, 11) is 0. The van der Waals surface area contributed by atoms with Gasteiger partial charge in [-0.05, 0) is 80.1 Å². The first kappa shape index (κ1) is 26.2. The zero-order valence-corrected chi connectivity index (χ0v) is 22.2. The number of fused-ring (bicyclic) bond motifs is 5. The lowest BCUT2D eigenvalue weighted by atomic mass is 9.43. The predicted octanol–water partition coefficient (Wildman–Crippen LogP) is 5.68. The minimum atomic E-state index is -1.34. The second-order valence-electron chi connectivity index (χ2n) is 12.1. The number of hydrogen-bond donors (Lipinski definition) is 0. The third kappa shape index (κ3) is 4.01. The number of halogens is 1. The Balaban J connectivity index is 1.72. The monoisotopic (exact) mass is 492 g/mol. The van der Waals surface area contributed by atoms with Gasteiger partial charge in [0, 0.05) is 32.6 Å². The van der Waals surface area contributed by atoms with Crippen LogP contribution in [0.25, 0.3) is 0 Å². The van der Waals surface area contributed by atoms with Gasteiger partial charge < -0.3 is 14.2 Å². The second-order valence-corrected chi connectivity index (χ2v) is 12.1. The van der Waals surface area contributed by atoms with Crippen molar-refractivity contribution in [2.75, 3.05) is 0 Å². The summed E-state index contributed by atoms with van der Waals surface area (Å²) < 4.78 is 33.5. The number of esters is 3. The molecule has 0 aromatic carbocycles. The summed E-state index contributed by atoms with van der Waals surface area (Å²) in [6.45, 7) is 12.6. The summed E-state index contributed by atoms with van der Waals surface area (Å²) in [5.41, 5.74) is -0.776. The number of carbonyl (C=O) groups is 3. The molecule has 0 aliphatic heterocycles. The minimum absolute atomic E-state index is 0.146. The van der Waals surface area contributed by atoms with E-state index in [1.165, 1.54) is 26.3 Å². The van der Waals surface area contributed by atoms with Gasteiger partial charge >= 0.3 is 17.9 Å². The number of ether oxygens (including phenoxy) is 3. The Morgan fingerprint density at radius 1 is 0.914 bits per heavy atom. The van der Waals surface area contributed by atoms with Crippen LogP contribution in [-0.2, 0) is 28.6 Å². The summed E-state index contributed by atoms with van der Waals surface area (Å²) in [5.74, 6) is 0.381. The standard InChI is InChI=1S/C28H41FO6/c1-15-12-23-21-13-24(29)28(35-19(5)32)14-20(34-18(4)31)8-11-27(28,7)22(21)9-10-26(23,6)25(15)16(2)33-17(3)30/h15,20-24H,8-14H2,1-7H3/b25-16-/t15-,20+,21-,22+,23+,24-,26+,27-,28+/m1/s1. The van der Waals surface area contributed by atoms with Gasteiger partial charge in [-0.15, -0.1) is 0 Å². The molecule has 7 heteroatoms. The van der Waals surface area contributed by atoms with E-state index in [9.17, 15) is 14.4 Å². The maximum atomic E-state index is 16.5. The van der Waals surface area contributed by atoms with Crippen molar-refractivity contribution in [2.45, 2.75) is 111 Å². The highest BCUT2D eigenvalue weighted by molar-refractivity contribution is 5.68. The van der Waals surface area contributed by atoms with Crippen LogP contribution in [-0.4, -0.2) is 35.8 Å². The fourth-order valence-electron chi connectivity index (χ4n) is 9.15. The van der Waals surface area contributed by atoms with E-state index in [1.54, 1.807) is 0 Å². The van der Waals surface area contributed by atoms with Gasteiger partial charge in [-0.3, -0.25) is 14.4 Å². The SMILES string of the molecule is CC(=O)O/C(C)=C1/[C@H](C)C[C@H]2[C@@H]3C[C@@H](F)[C@@]4(OC(C)=O)C[C@@H](OC(C)=O)CC[C@]4(C)[C@H]3CC[C@]12C. The molecule has 0 aromatic rings. The van der Waals surface area contributed by atoms with Crippen molar-refractivity contribution < 1.29 is 33.0 Å². The van der Waals surface area contributed by atoms with E-state index < -0.39 is 35.2 Å². The molecule has 0 saturated heterocycles. The van der Waals surface area contributed by atoms with Crippen LogP contribution >= 0.6 is 0 Å². The fraction of sp³-hybridized carbons (Fsp3) is 0.821. The van der Waals surface area contributed by atoms with Crippen LogP contribution in [0.3, 0.4) is 0 Å². The van der Waals surface area contributed by atoms with Gasteiger partial charge in [0.2, 0.25) is 0 Å². The number of hydrogen-bond acceptors (Lipinski definition) is 6. The van der Waals surface area contributed by atoms with Crippen molar-refractivity contribution >= 4 is 17.9 Å². The molecule has 0 unspecified atom stereocenters. The lowest BCUT2D eigenvalue weighted by Crippen LogP contribution is -2.69. The van der Waals surface area contributed by atoms with Gasteiger partial charge in [0.05, 0.1) is 0 Å². The average Bonchev–Trinajstić information content (AvgIpc) is 2.99. The van der Waals surface area contributed by atoms with E-state index in [-0.39, 0.29) is 41.5 Å². The second kappa shape index (κ2) is 8.88. The van der Waals surface area contributed by atoms with Crippen LogP contribution in [0, 0.1) is 34.5 Å². The van der Waals surface area contributed by atoms with Crippen LogP contribution in [0.1, 0.15) is 93.4 Å². The molecular weight excluding hydrogens is 451 g/mol. The molecule has 35 heavy (non-hydrogen) atoms. The highest BCUT2D eigenvalue weighted by Crippen LogP contribution is 2.70. The molecule has 0 N–H and O–H groups in total.